The Morgan fingerprint density at radius 2 is 2.10 bits per heavy atom. The number of benzene rings is 1. The number of nitrogens with zero attached hydrogens (tertiary/aromatic N) is 4. The van der Waals surface area contributed by atoms with Gasteiger partial charge in [-0.1, -0.05) is 6.07 Å². The lowest BCUT2D eigenvalue weighted by Gasteiger charge is -2.23. The van der Waals surface area contributed by atoms with Gasteiger partial charge < -0.3 is 15.1 Å². The molecule has 8 heteroatoms. The van der Waals surface area contributed by atoms with E-state index in [1.54, 1.807) is 42.2 Å². The molecule has 2 N–H and O–H groups in total. The number of carbonyl (C=O) groups excluding carboxylic acids is 2. The molecule has 0 radical (unpaired) electrons. The highest BCUT2D eigenvalue weighted by Gasteiger charge is 2.30. The molecule has 0 bridgehead atoms. The van der Waals surface area contributed by atoms with E-state index in [0.29, 0.717) is 24.5 Å². The molecular formula is C22H26N6O2. The second-order valence-corrected chi connectivity index (χ2v) is 7.84. The van der Waals surface area contributed by atoms with Gasteiger partial charge in [-0.25, -0.2) is 4.98 Å². The zero-order valence-electron chi connectivity index (χ0n) is 17.4. The number of aromatic nitrogens is 3. The lowest BCUT2D eigenvalue weighted by Crippen LogP contribution is -2.38. The van der Waals surface area contributed by atoms with Crippen molar-refractivity contribution in [3.8, 4) is 0 Å². The minimum atomic E-state index is -0.0491. The standard InChI is InChI=1S/C22H26N6O2/c1-14(16-4-6-20-18(10-16)12-24-26-20)25-21-7-5-17(11-23-21)22(30)28-9-8-19(13-28)27(3)15(2)29/h4-7,10-12,14,19H,8-9,13H2,1-3H3,(H,23,25)(H,24,26)/t14-,19-/m0/s1. The van der Waals surface area contributed by atoms with E-state index in [-0.39, 0.29) is 23.9 Å². The van der Waals surface area contributed by atoms with Gasteiger partial charge >= 0.3 is 0 Å². The smallest absolute Gasteiger partial charge is 0.255 e. The van der Waals surface area contributed by atoms with Crippen LogP contribution < -0.4 is 5.32 Å². The third-order valence-electron chi connectivity index (χ3n) is 5.83. The number of rotatable bonds is 5. The molecule has 2 atom stereocenters. The van der Waals surface area contributed by atoms with Crippen molar-refractivity contribution in [2.24, 2.45) is 0 Å². The summed E-state index contributed by atoms with van der Waals surface area (Å²) >= 11 is 0. The highest BCUT2D eigenvalue weighted by molar-refractivity contribution is 5.94. The summed E-state index contributed by atoms with van der Waals surface area (Å²) in [4.78, 5) is 32.3. The predicted octanol–water partition coefficient (Wildman–Crippen LogP) is 2.82. The molecule has 1 aliphatic heterocycles. The SMILES string of the molecule is CC(=O)N(C)[C@H]1CCN(C(=O)c2ccc(N[C@@H](C)c3ccc4[nH]ncc4c3)nc2)C1. The van der Waals surface area contributed by atoms with E-state index < -0.39 is 0 Å². The fourth-order valence-electron chi connectivity index (χ4n) is 3.82. The van der Waals surface area contributed by atoms with E-state index in [0.717, 1.165) is 22.9 Å². The lowest BCUT2D eigenvalue weighted by molar-refractivity contribution is -0.129. The Kier molecular flexibility index (Phi) is 5.39. The minimum Gasteiger partial charge on any atom is -0.364 e. The molecule has 156 valence electrons. The van der Waals surface area contributed by atoms with E-state index in [1.165, 1.54) is 0 Å². The molecular weight excluding hydrogens is 380 g/mol. The zero-order chi connectivity index (χ0) is 21.3. The number of pyridine rings is 1. The van der Waals surface area contributed by atoms with Crippen molar-refractivity contribution in [3.63, 3.8) is 0 Å². The maximum Gasteiger partial charge on any atom is 0.255 e. The fourth-order valence-corrected chi connectivity index (χ4v) is 3.82. The van der Waals surface area contributed by atoms with Crippen LogP contribution in [0, 0.1) is 0 Å². The van der Waals surface area contributed by atoms with Gasteiger partial charge in [0.25, 0.3) is 5.91 Å². The molecule has 1 aromatic carbocycles. The van der Waals surface area contributed by atoms with Crippen molar-refractivity contribution in [2.75, 3.05) is 25.5 Å². The van der Waals surface area contributed by atoms with Crippen molar-refractivity contribution >= 4 is 28.5 Å². The van der Waals surface area contributed by atoms with Gasteiger partial charge in [0, 0.05) is 44.7 Å². The molecule has 2 aromatic heterocycles. The average Bonchev–Trinajstić information content (AvgIpc) is 3.42. The normalized spacial score (nSPS) is 17.2. The van der Waals surface area contributed by atoms with Gasteiger partial charge in [-0.3, -0.25) is 14.7 Å². The number of anilines is 1. The molecule has 0 spiro atoms. The van der Waals surface area contributed by atoms with Gasteiger partial charge in [-0.2, -0.15) is 5.10 Å². The van der Waals surface area contributed by atoms with Gasteiger partial charge in [0.15, 0.2) is 0 Å². The summed E-state index contributed by atoms with van der Waals surface area (Å²) in [5.74, 6) is 0.682. The van der Waals surface area contributed by atoms with E-state index in [4.69, 9.17) is 0 Å². The zero-order valence-corrected chi connectivity index (χ0v) is 17.4. The van der Waals surface area contributed by atoms with Crippen molar-refractivity contribution in [3.05, 3.63) is 53.9 Å². The van der Waals surface area contributed by atoms with Crippen LogP contribution in [0.1, 0.15) is 42.2 Å². The molecule has 4 rings (SSSR count). The Morgan fingerprint density at radius 3 is 2.83 bits per heavy atom. The van der Waals surface area contributed by atoms with Crippen LogP contribution in [-0.4, -0.2) is 63.0 Å². The van der Waals surface area contributed by atoms with Crippen LogP contribution in [-0.2, 0) is 4.79 Å². The number of nitrogens with one attached hydrogen (secondary N) is 2. The van der Waals surface area contributed by atoms with Crippen LogP contribution in [0.25, 0.3) is 10.9 Å². The van der Waals surface area contributed by atoms with Gasteiger partial charge in [0.2, 0.25) is 5.91 Å². The predicted molar refractivity (Wildman–Crippen MR) is 115 cm³/mol. The topological polar surface area (TPSA) is 94.2 Å². The number of hydrogen-bond acceptors (Lipinski definition) is 5. The van der Waals surface area contributed by atoms with Crippen molar-refractivity contribution in [1.29, 1.82) is 0 Å². The van der Waals surface area contributed by atoms with Crippen LogP contribution in [0.15, 0.2) is 42.7 Å². The maximum absolute atomic E-state index is 12.8. The van der Waals surface area contributed by atoms with Gasteiger partial charge in [0.05, 0.1) is 23.3 Å². The molecule has 3 heterocycles. The monoisotopic (exact) mass is 406 g/mol. The molecule has 8 nitrogen and oxygen atoms in total. The molecule has 1 saturated heterocycles. The van der Waals surface area contributed by atoms with Crippen molar-refractivity contribution < 1.29 is 9.59 Å². The van der Waals surface area contributed by atoms with E-state index in [2.05, 4.69) is 39.6 Å². The number of amides is 2. The third-order valence-corrected chi connectivity index (χ3v) is 5.83. The summed E-state index contributed by atoms with van der Waals surface area (Å²) in [5.41, 5.74) is 2.69. The van der Waals surface area contributed by atoms with Crippen LogP contribution >= 0.6 is 0 Å². The van der Waals surface area contributed by atoms with Crippen LogP contribution in [0.5, 0.6) is 0 Å². The Balaban J connectivity index is 1.39. The Labute approximate surface area is 175 Å². The number of hydrogen-bond donors (Lipinski definition) is 2. The van der Waals surface area contributed by atoms with Crippen molar-refractivity contribution in [2.45, 2.75) is 32.4 Å². The van der Waals surface area contributed by atoms with Gasteiger partial charge in [0.1, 0.15) is 5.82 Å². The van der Waals surface area contributed by atoms with Crippen LogP contribution in [0.4, 0.5) is 5.82 Å². The Morgan fingerprint density at radius 1 is 1.27 bits per heavy atom. The number of aromatic amines is 1. The van der Waals surface area contributed by atoms with E-state index in [9.17, 15) is 9.59 Å². The second-order valence-electron chi connectivity index (χ2n) is 7.84. The number of likely N-dealkylation sites (N-methyl/N-ethyl adjacent to an activating group) is 1. The molecule has 0 aliphatic carbocycles. The minimum absolute atomic E-state index is 0.0208. The first-order chi connectivity index (χ1) is 14.4. The highest BCUT2D eigenvalue weighted by atomic mass is 16.2. The number of carbonyl (C=O) groups is 2. The summed E-state index contributed by atoms with van der Waals surface area (Å²) in [6.07, 6.45) is 4.22. The van der Waals surface area contributed by atoms with Gasteiger partial charge in [-0.05, 0) is 43.2 Å². The first-order valence-corrected chi connectivity index (χ1v) is 10.1. The van der Waals surface area contributed by atoms with E-state index >= 15 is 0 Å². The number of H-pyrrole nitrogens is 1. The molecule has 0 unspecified atom stereocenters. The summed E-state index contributed by atoms with van der Waals surface area (Å²) in [6, 6.07) is 9.92. The van der Waals surface area contributed by atoms with E-state index in [1.807, 2.05) is 12.1 Å². The van der Waals surface area contributed by atoms with Crippen molar-refractivity contribution in [1.82, 2.24) is 25.0 Å². The Bertz CT molecular complexity index is 1060. The third kappa shape index (κ3) is 3.98. The van der Waals surface area contributed by atoms with Crippen LogP contribution in [0.2, 0.25) is 0 Å². The quantitative estimate of drug-likeness (QED) is 0.680. The first-order valence-electron chi connectivity index (χ1n) is 10.1. The lowest BCUT2D eigenvalue weighted by atomic mass is 10.1. The molecule has 1 fully saturated rings. The largest absolute Gasteiger partial charge is 0.364 e. The molecule has 0 saturated carbocycles. The molecule has 1 aliphatic rings. The highest BCUT2D eigenvalue weighted by Crippen LogP contribution is 2.22. The maximum atomic E-state index is 12.8. The summed E-state index contributed by atoms with van der Waals surface area (Å²) in [5, 5.41) is 11.4. The molecule has 3 aromatic rings. The summed E-state index contributed by atoms with van der Waals surface area (Å²) in [6.45, 7) is 4.82. The molecule has 30 heavy (non-hydrogen) atoms. The summed E-state index contributed by atoms with van der Waals surface area (Å²) < 4.78 is 0. The summed E-state index contributed by atoms with van der Waals surface area (Å²) in [7, 11) is 1.79. The molecule has 2 amide bonds. The number of likely N-dealkylation sites (tertiary alicyclic amines) is 1. The average molecular weight is 406 g/mol. The fraction of sp³-hybridized carbons (Fsp3) is 0.364. The first kappa shape index (κ1) is 19.9. The Hall–Kier alpha value is -3.42. The van der Waals surface area contributed by atoms with Crippen LogP contribution in [0.3, 0.4) is 0 Å². The number of fused-ring (bicyclic) bond motifs is 1. The van der Waals surface area contributed by atoms with Gasteiger partial charge in [-0.15, -0.1) is 0 Å². The second kappa shape index (κ2) is 8.14.